The summed E-state index contributed by atoms with van der Waals surface area (Å²) in [6.07, 6.45) is -13.3. The summed E-state index contributed by atoms with van der Waals surface area (Å²) in [6, 6.07) is 1.93. The highest BCUT2D eigenvalue weighted by molar-refractivity contribution is 8.07. The zero-order valence-electron chi connectivity index (χ0n) is 50.6. The molecule has 5 aliphatic heterocycles. The summed E-state index contributed by atoms with van der Waals surface area (Å²) in [5.41, 5.74) is 11.8. The van der Waals surface area contributed by atoms with E-state index >= 15 is 8.78 Å². The molecule has 42 heteroatoms. The molecule has 11 N–H and O–H groups in total. The number of imide groups is 1. The number of nitrogens with two attached hydrogens (primary N) is 2. The minimum Gasteiger partial charge on any atom is -0.447 e. The van der Waals surface area contributed by atoms with Gasteiger partial charge >= 0.3 is 31.7 Å². The van der Waals surface area contributed by atoms with Gasteiger partial charge in [0.1, 0.15) is 74.1 Å². The number of aromatic nitrogens is 8. The first-order chi connectivity index (χ1) is 45.1. The largest absolute Gasteiger partial charge is 0.447 e. The monoisotopic (exact) mass is 1410 g/mol. The first kappa shape index (κ1) is 70.1. The van der Waals surface area contributed by atoms with Gasteiger partial charge < -0.3 is 70.5 Å². The summed E-state index contributed by atoms with van der Waals surface area (Å²) in [5, 5.41) is 12.8. The highest BCUT2D eigenvalue weighted by atomic mass is 32.5. The third-order valence-corrected chi connectivity index (χ3v) is 19.0. The number of ether oxygens (including phenoxy) is 4. The van der Waals surface area contributed by atoms with Crippen molar-refractivity contribution in [2.45, 2.75) is 133 Å². The van der Waals surface area contributed by atoms with Crippen LogP contribution in [0, 0.1) is 11.8 Å². The van der Waals surface area contributed by atoms with E-state index in [9.17, 15) is 52.5 Å². The zero-order valence-corrected chi connectivity index (χ0v) is 54.0. The van der Waals surface area contributed by atoms with Crippen LogP contribution in [0.2, 0.25) is 0 Å². The normalized spacial score (nSPS) is 28.5. The average molecular weight is 1410 g/mol. The Labute approximate surface area is 547 Å². The Balaban J connectivity index is 0.711. The van der Waals surface area contributed by atoms with Gasteiger partial charge in [-0.05, 0) is 60.1 Å². The van der Waals surface area contributed by atoms with Gasteiger partial charge in [0, 0.05) is 44.0 Å². The zero-order chi connectivity index (χ0) is 68.2. The molecule has 4 aromatic heterocycles. The molecule has 3 unspecified atom stereocenters. The van der Waals surface area contributed by atoms with Crippen molar-refractivity contribution in [3.8, 4) is 0 Å². The van der Waals surface area contributed by atoms with Crippen molar-refractivity contribution in [3.63, 3.8) is 0 Å². The number of nitrogen functional groups attached to an aromatic ring is 1. The number of urea groups is 1. The topological polar surface area (TPSA) is 457 Å². The number of primary amides is 1. The number of carbonyl (C=O) groups is 8. The highest BCUT2D eigenvalue weighted by Crippen LogP contribution is 2.55. The maximum Gasteiger partial charge on any atom is 0.412 e. The molecule has 5 aromatic rings. The molecular weight excluding hydrogens is 1350 g/mol. The number of imidazole rings is 2. The molecule has 0 aliphatic carbocycles. The third kappa shape index (κ3) is 16.6. The number of benzene rings is 1. The van der Waals surface area contributed by atoms with Crippen molar-refractivity contribution in [2.24, 2.45) is 17.6 Å². The van der Waals surface area contributed by atoms with Crippen LogP contribution in [0.1, 0.15) is 70.9 Å². The first-order valence-electron chi connectivity index (χ1n) is 29.5. The predicted octanol–water partition coefficient (Wildman–Crippen LogP) is 2.07. The van der Waals surface area contributed by atoms with Crippen LogP contribution in [0.5, 0.6) is 0 Å². The second-order valence-electron chi connectivity index (χ2n) is 22.9. The van der Waals surface area contributed by atoms with E-state index in [1.807, 2.05) is 0 Å². The van der Waals surface area contributed by atoms with Crippen LogP contribution in [0.15, 0.2) is 49.6 Å². The molecule has 0 bridgehead atoms. The average Bonchev–Trinajstić information content (AvgIpc) is 1.62. The van der Waals surface area contributed by atoms with Crippen LogP contribution in [-0.4, -0.2) is 207 Å². The van der Waals surface area contributed by atoms with Crippen molar-refractivity contribution in [2.75, 3.05) is 55.8 Å². The molecule has 0 radical (unpaired) electrons. The fourth-order valence-corrected chi connectivity index (χ4v) is 13.9. The second-order valence-corrected chi connectivity index (χ2v) is 28.5. The molecule has 9 amide bonds. The van der Waals surface area contributed by atoms with Gasteiger partial charge in [-0.2, -0.15) is 0 Å². The molecule has 5 fully saturated rings. The van der Waals surface area contributed by atoms with Gasteiger partial charge in [-0.3, -0.25) is 57.3 Å². The van der Waals surface area contributed by atoms with Crippen molar-refractivity contribution >= 4 is 124 Å². The number of hydrogen-bond donors (Lipinski definition) is 9. The van der Waals surface area contributed by atoms with Crippen molar-refractivity contribution in [1.29, 1.82) is 0 Å². The molecule has 0 saturated carbocycles. The molecule has 1 aromatic carbocycles. The molecule has 95 heavy (non-hydrogen) atoms. The van der Waals surface area contributed by atoms with Gasteiger partial charge in [0.05, 0.1) is 38.5 Å². The van der Waals surface area contributed by atoms with E-state index in [2.05, 4.69) is 56.5 Å². The SMILES string of the molecule is CC1CC(=O)N(CCC(=O)N[C@H](C(=O)N[C@@H](CCCNC(N)=O)C(=O)Nc2ccc(COC(=O)N3C[C@@H](F)C[C@H]3COC(=O)Nc3ncnc4c3ncn4[C@@H]3O[C@@H]4COP(O)(=S)O[C@H]5[C@@H](F)[C@H](n6cnc7c(N)ncnc76)O[C@@H]5COP(O)(=S)O[C@H]4[C@H]3F)cc2)C(C)C)C1=O. The lowest BCUT2D eigenvalue weighted by atomic mass is 10.0. The summed E-state index contributed by atoms with van der Waals surface area (Å²) in [6.45, 7) is -6.75. The lowest BCUT2D eigenvalue weighted by molar-refractivity contribution is -0.140. The second kappa shape index (κ2) is 29.7. The summed E-state index contributed by atoms with van der Waals surface area (Å²) in [7, 11) is 0. The first-order valence-corrected chi connectivity index (χ1v) is 34.7. The molecule has 35 nitrogen and oxygen atoms in total. The summed E-state index contributed by atoms with van der Waals surface area (Å²) < 4.78 is 95.7. The fraction of sp³-hybridized carbons (Fsp3) is 0.547. The van der Waals surface area contributed by atoms with E-state index < -0.39 is 167 Å². The Hall–Kier alpha value is -7.75. The Morgan fingerprint density at radius 3 is 2.02 bits per heavy atom. The Bertz CT molecular complexity index is 3830. The summed E-state index contributed by atoms with van der Waals surface area (Å²) >= 11 is 10.5. The van der Waals surface area contributed by atoms with E-state index in [-0.39, 0.29) is 97.4 Å². The standard InChI is InChI=1S/C53H66F3N17O18P2S2/c1-24(2)37(68-33(74)10-12-70-34(75)13-25(3)48(70)78)47(77)67-30(5-4-11-59-51(58)79)46(76)66-28-8-6-26(7-9-28)16-85-53(81)71-15-27(54)14-29(71)17-84-52(80)69-43-39-45(63-21-61-43)73(23-65-39)50-36(56)41-32(89-50)19-87-92(82,94)90-40-31(18-86-93(83,95)91-41)88-49(35(40)55)72-22-64-38-42(57)60-20-62-44(38)72/h6-9,20-25,27,29-32,35-37,40-41,49-50H,4-5,10-19H2,1-3H3,(H,66,76)(H,67,77)(H,68,74)(H,82,94)(H,83,95)(H2,57,60,62)(H3,58,59,79)(H,61,63,69,80)/t25?,27-,29-,30-,31+,32+,35+,36+,37-,40+,41+,49+,50+,92?,93?/m0/s1. The van der Waals surface area contributed by atoms with E-state index in [4.69, 9.17) is 72.1 Å². The van der Waals surface area contributed by atoms with Gasteiger partial charge in [0.15, 0.2) is 53.2 Å². The number of carbonyl (C=O) groups excluding carboxylic acids is 8. The smallest absolute Gasteiger partial charge is 0.412 e. The third-order valence-electron chi connectivity index (χ3n) is 15.9. The number of fused-ring (bicyclic) bond motifs is 4. The molecule has 9 heterocycles. The van der Waals surface area contributed by atoms with Crippen LogP contribution >= 0.6 is 13.4 Å². The van der Waals surface area contributed by atoms with Gasteiger partial charge in [-0.25, -0.2) is 57.5 Å². The number of nitrogens with zero attached hydrogens (tertiary/aromatic N) is 10. The molecule has 5 aliphatic rings. The number of likely N-dealkylation sites (tertiary alicyclic amines) is 2. The van der Waals surface area contributed by atoms with Gasteiger partial charge in [-0.1, -0.05) is 32.9 Å². The number of halogens is 3. The summed E-state index contributed by atoms with van der Waals surface area (Å²) in [5.74, 6) is -3.95. The molecule has 10 rings (SSSR count). The number of nitrogens with one attached hydrogen (secondary N) is 5. The molecule has 0 spiro atoms. The van der Waals surface area contributed by atoms with E-state index in [0.717, 1.165) is 33.3 Å². The van der Waals surface area contributed by atoms with Crippen LogP contribution in [0.25, 0.3) is 22.3 Å². The highest BCUT2D eigenvalue weighted by Gasteiger charge is 2.54. The predicted molar refractivity (Wildman–Crippen MR) is 328 cm³/mol. The van der Waals surface area contributed by atoms with Crippen LogP contribution < -0.4 is 38.1 Å². The Morgan fingerprint density at radius 2 is 1.42 bits per heavy atom. The number of alkyl halides is 3. The maximum absolute atomic E-state index is 16.8. The maximum atomic E-state index is 16.8. The number of rotatable bonds is 20. The van der Waals surface area contributed by atoms with Crippen molar-refractivity contribution in [3.05, 3.63) is 55.1 Å². The Morgan fingerprint density at radius 1 is 0.811 bits per heavy atom. The number of amides is 9. The lowest BCUT2D eigenvalue weighted by Crippen LogP contribution is -2.54. The van der Waals surface area contributed by atoms with Crippen LogP contribution in [0.3, 0.4) is 0 Å². The minimum absolute atomic E-state index is 0.00471. The molecule has 5 saturated heterocycles. The number of hydrogen-bond acceptors (Lipinski definition) is 25. The molecule has 15 atom stereocenters. The minimum atomic E-state index is -4.46. The lowest BCUT2D eigenvalue weighted by Gasteiger charge is -2.29. The van der Waals surface area contributed by atoms with Crippen molar-refractivity contribution in [1.82, 2.24) is 64.8 Å². The molecular formula is C53H66F3N17O18P2S2. The number of anilines is 3. The molecule has 514 valence electrons. The van der Waals surface area contributed by atoms with E-state index in [1.54, 1.807) is 20.8 Å². The van der Waals surface area contributed by atoms with Crippen LogP contribution in [0.4, 0.5) is 44.9 Å². The summed E-state index contributed by atoms with van der Waals surface area (Å²) in [4.78, 5) is 152. The van der Waals surface area contributed by atoms with Gasteiger partial charge in [0.2, 0.25) is 29.5 Å². The van der Waals surface area contributed by atoms with Crippen LogP contribution in [-0.2, 0) is 91.2 Å². The fourth-order valence-electron chi connectivity index (χ4n) is 11.1. The Kier molecular flexibility index (Phi) is 21.9. The van der Waals surface area contributed by atoms with Crippen molar-refractivity contribution < 1.29 is 98.4 Å². The van der Waals surface area contributed by atoms with E-state index in [1.165, 1.54) is 35.2 Å². The van der Waals surface area contributed by atoms with Gasteiger partial charge in [0.25, 0.3) is 0 Å². The van der Waals surface area contributed by atoms with Gasteiger partial charge in [-0.15, -0.1) is 0 Å². The van der Waals surface area contributed by atoms with E-state index in [0.29, 0.717) is 5.56 Å². The quantitative estimate of drug-likeness (QED) is 0.0306.